The minimum atomic E-state index is 0. The summed E-state index contributed by atoms with van der Waals surface area (Å²) in [5.41, 5.74) is 2.13. The summed E-state index contributed by atoms with van der Waals surface area (Å²) >= 11 is 0. The molecule has 0 spiro atoms. The number of aromatic nitrogens is 1. The molecule has 27 heavy (non-hydrogen) atoms. The number of nitrogens with zero attached hydrogens (tertiary/aromatic N) is 2. The van der Waals surface area contributed by atoms with Crippen LogP contribution in [0.25, 0.3) is 0 Å². The van der Waals surface area contributed by atoms with Crippen molar-refractivity contribution in [2.45, 2.75) is 52.6 Å². The number of aliphatic imine (C=N–C) groups is 1. The van der Waals surface area contributed by atoms with E-state index in [2.05, 4.69) is 34.6 Å². The minimum absolute atomic E-state index is 0. The first kappa shape index (κ1) is 23.3. The van der Waals surface area contributed by atoms with Gasteiger partial charge in [-0.15, -0.1) is 24.0 Å². The van der Waals surface area contributed by atoms with Gasteiger partial charge in [0.25, 0.3) is 0 Å². The Hall–Kier alpha value is -1.77. The molecule has 1 heterocycles. The van der Waals surface area contributed by atoms with Gasteiger partial charge in [-0.25, -0.2) is 4.99 Å². The molecular formula is C20H31IN4O2. The van der Waals surface area contributed by atoms with Crippen molar-refractivity contribution in [1.29, 1.82) is 0 Å². The summed E-state index contributed by atoms with van der Waals surface area (Å²) in [4.78, 5) is 4.63. The minimum Gasteiger partial charge on any atom is -0.497 e. The molecule has 150 valence electrons. The standard InChI is InChI=1S/C20H30N4O2.HI/c1-5-16(6-2)19-12-18(26-24-19)14-23-20(21-7-3)22-13-15-9-8-10-17(11-15)25-4;/h8-12,16H,5-7,13-14H2,1-4H3,(H2,21,22,23);1H. The van der Waals surface area contributed by atoms with Crippen LogP contribution in [0.3, 0.4) is 0 Å². The molecule has 1 aromatic carbocycles. The van der Waals surface area contributed by atoms with Crippen molar-refractivity contribution in [3.05, 3.63) is 47.3 Å². The smallest absolute Gasteiger partial charge is 0.191 e. The van der Waals surface area contributed by atoms with Gasteiger partial charge >= 0.3 is 0 Å². The van der Waals surface area contributed by atoms with Gasteiger partial charge < -0.3 is 19.9 Å². The van der Waals surface area contributed by atoms with Gasteiger partial charge in [0.05, 0.1) is 25.9 Å². The van der Waals surface area contributed by atoms with Crippen molar-refractivity contribution in [3.8, 4) is 5.75 Å². The Kier molecular flexibility index (Phi) is 10.8. The zero-order valence-corrected chi connectivity index (χ0v) is 18.9. The molecule has 0 radical (unpaired) electrons. The van der Waals surface area contributed by atoms with Gasteiger partial charge in [-0.1, -0.05) is 31.1 Å². The molecule has 0 aliphatic carbocycles. The Morgan fingerprint density at radius 1 is 1.19 bits per heavy atom. The fraction of sp³-hybridized carbons (Fsp3) is 0.500. The monoisotopic (exact) mass is 486 g/mol. The SMILES string of the molecule is CCNC(=NCc1cccc(OC)c1)NCc1cc(C(CC)CC)no1.I. The number of rotatable bonds is 9. The highest BCUT2D eigenvalue weighted by Gasteiger charge is 2.13. The van der Waals surface area contributed by atoms with Crippen molar-refractivity contribution >= 4 is 29.9 Å². The van der Waals surface area contributed by atoms with Crippen molar-refractivity contribution < 1.29 is 9.26 Å². The topological polar surface area (TPSA) is 71.7 Å². The van der Waals surface area contributed by atoms with Crippen LogP contribution in [0.2, 0.25) is 0 Å². The lowest BCUT2D eigenvalue weighted by molar-refractivity contribution is 0.368. The molecule has 0 fully saturated rings. The maximum Gasteiger partial charge on any atom is 0.191 e. The van der Waals surface area contributed by atoms with Gasteiger partial charge in [0.15, 0.2) is 11.7 Å². The lowest BCUT2D eigenvalue weighted by atomic mass is 9.99. The molecule has 1 aromatic heterocycles. The summed E-state index contributed by atoms with van der Waals surface area (Å²) in [5.74, 6) is 2.86. The van der Waals surface area contributed by atoms with Crippen molar-refractivity contribution in [2.75, 3.05) is 13.7 Å². The summed E-state index contributed by atoms with van der Waals surface area (Å²) in [6, 6.07) is 9.96. The molecule has 2 aromatic rings. The Labute approximate surface area is 179 Å². The fourth-order valence-corrected chi connectivity index (χ4v) is 2.77. The first-order valence-corrected chi connectivity index (χ1v) is 9.30. The van der Waals surface area contributed by atoms with Crippen molar-refractivity contribution in [2.24, 2.45) is 4.99 Å². The van der Waals surface area contributed by atoms with E-state index in [0.717, 1.165) is 48.1 Å². The van der Waals surface area contributed by atoms with Gasteiger partial charge in [0, 0.05) is 18.5 Å². The number of halogens is 1. The zero-order chi connectivity index (χ0) is 18.8. The van der Waals surface area contributed by atoms with E-state index < -0.39 is 0 Å². The Balaban J connectivity index is 0.00000364. The van der Waals surface area contributed by atoms with E-state index in [0.29, 0.717) is 19.0 Å². The average molecular weight is 486 g/mol. The molecule has 2 rings (SSSR count). The number of guanidine groups is 1. The quantitative estimate of drug-likeness (QED) is 0.311. The van der Waals surface area contributed by atoms with E-state index in [4.69, 9.17) is 9.26 Å². The van der Waals surface area contributed by atoms with Gasteiger partial charge in [-0.2, -0.15) is 0 Å². The second-order valence-electron chi connectivity index (χ2n) is 6.13. The normalized spacial score (nSPS) is 11.2. The van der Waals surface area contributed by atoms with Crippen LogP contribution in [-0.4, -0.2) is 24.8 Å². The number of ether oxygens (including phenoxy) is 1. The van der Waals surface area contributed by atoms with Crippen LogP contribution in [0, 0.1) is 0 Å². The Morgan fingerprint density at radius 2 is 1.96 bits per heavy atom. The van der Waals surface area contributed by atoms with Crippen molar-refractivity contribution in [3.63, 3.8) is 0 Å². The molecule has 7 heteroatoms. The first-order chi connectivity index (χ1) is 12.7. The molecule has 0 saturated carbocycles. The van der Waals surface area contributed by atoms with E-state index in [9.17, 15) is 0 Å². The highest BCUT2D eigenvalue weighted by atomic mass is 127. The number of hydrogen-bond donors (Lipinski definition) is 2. The largest absolute Gasteiger partial charge is 0.497 e. The average Bonchev–Trinajstić information content (AvgIpc) is 3.14. The maximum absolute atomic E-state index is 5.46. The Bertz CT molecular complexity index is 699. The second kappa shape index (κ2) is 12.6. The third-order valence-corrected chi connectivity index (χ3v) is 4.31. The van der Waals surface area contributed by atoms with Crippen LogP contribution in [0.5, 0.6) is 5.75 Å². The van der Waals surface area contributed by atoms with Gasteiger partial charge in [0.1, 0.15) is 5.75 Å². The summed E-state index contributed by atoms with van der Waals surface area (Å²) in [6.45, 7) is 8.31. The van der Waals surface area contributed by atoms with Gasteiger partial charge in [-0.05, 0) is 37.5 Å². The molecule has 0 saturated heterocycles. The van der Waals surface area contributed by atoms with Crippen LogP contribution in [0.15, 0.2) is 39.8 Å². The highest BCUT2D eigenvalue weighted by Crippen LogP contribution is 2.22. The molecule has 6 nitrogen and oxygen atoms in total. The Morgan fingerprint density at radius 3 is 2.63 bits per heavy atom. The maximum atomic E-state index is 5.46. The summed E-state index contributed by atoms with van der Waals surface area (Å²) in [6.07, 6.45) is 2.14. The van der Waals surface area contributed by atoms with E-state index in [1.54, 1.807) is 7.11 Å². The number of methoxy groups -OCH3 is 1. The third-order valence-electron chi connectivity index (χ3n) is 4.31. The molecule has 0 atom stereocenters. The predicted octanol–water partition coefficient (Wildman–Crippen LogP) is 4.46. The number of nitrogens with one attached hydrogen (secondary N) is 2. The van der Waals surface area contributed by atoms with E-state index in [-0.39, 0.29) is 24.0 Å². The molecule has 0 aliphatic rings. The van der Waals surface area contributed by atoms with Crippen LogP contribution in [0.4, 0.5) is 0 Å². The first-order valence-electron chi connectivity index (χ1n) is 9.30. The summed E-state index contributed by atoms with van der Waals surface area (Å²) in [7, 11) is 1.67. The van der Waals surface area contributed by atoms with Gasteiger partial charge in [-0.3, -0.25) is 0 Å². The van der Waals surface area contributed by atoms with E-state index >= 15 is 0 Å². The van der Waals surface area contributed by atoms with E-state index in [1.807, 2.05) is 37.3 Å². The number of hydrogen-bond acceptors (Lipinski definition) is 4. The van der Waals surface area contributed by atoms with Crippen LogP contribution >= 0.6 is 24.0 Å². The summed E-state index contributed by atoms with van der Waals surface area (Å²) < 4.78 is 10.7. The lowest BCUT2D eigenvalue weighted by Gasteiger charge is -2.10. The molecule has 0 amide bonds. The van der Waals surface area contributed by atoms with Gasteiger partial charge in [0.2, 0.25) is 0 Å². The fourth-order valence-electron chi connectivity index (χ4n) is 2.77. The molecule has 0 unspecified atom stereocenters. The molecular weight excluding hydrogens is 455 g/mol. The predicted molar refractivity (Wildman–Crippen MR) is 120 cm³/mol. The van der Waals surface area contributed by atoms with Crippen LogP contribution in [-0.2, 0) is 13.1 Å². The second-order valence-corrected chi connectivity index (χ2v) is 6.13. The molecule has 0 bridgehead atoms. The molecule has 0 aliphatic heterocycles. The summed E-state index contributed by atoms with van der Waals surface area (Å²) in [5, 5.41) is 10.8. The molecule has 2 N–H and O–H groups in total. The third kappa shape index (κ3) is 7.40. The van der Waals surface area contributed by atoms with E-state index in [1.165, 1.54) is 0 Å². The lowest BCUT2D eigenvalue weighted by Crippen LogP contribution is -2.36. The zero-order valence-electron chi connectivity index (χ0n) is 16.6. The highest BCUT2D eigenvalue weighted by molar-refractivity contribution is 14.0. The van der Waals surface area contributed by atoms with Crippen LogP contribution < -0.4 is 15.4 Å². The van der Waals surface area contributed by atoms with Crippen molar-refractivity contribution in [1.82, 2.24) is 15.8 Å². The number of benzene rings is 1. The van der Waals surface area contributed by atoms with Crippen LogP contribution in [0.1, 0.15) is 56.5 Å².